The molecular weight excluding hydrogens is 246 g/mol. The first-order chi connectivity index (χ1) is 9.58. The number of carbonyl (C=O) groups is 1. The van der Waals surface area contributed by atoms with Crippen LogP contribution in [0.2, 0.25) is 0 Å². The molecule has 1 amide bonds. The van der Waals surface area contributed by atoms with Crippen molar-refractivity contribution in [1.82, 2.24) is 4.90 Å². The predicted octanol–water partition coefficient (Wildman–Crippen LogP) is 4.10. The molecule has 1 saturated carbocycles. The third kappa shape index (κ3) is 2.25. The Bertz CT molecular complexity index is 522. The lowest BCUT2D eigenvalue weighted by atomic mass is 9.85. The molecule has 0 bridgehead atoms. The largest absolute Gasteiger partial charge is 0.333 e. The van der Waals surface area contributed by atoms with Crippen molar-refractivity contribution in [3.05, 3.63) is 34.9 Å². The molecule has 1 aromatic rings. The molecule has 1 heterocycles. The molecule has 108 valence electrons. The van der Waals surface area contributed by atoms with Crippen LogP contribution in [0.25, 0.3) is 0 Å². The Morgan fingerprint density at radius 3 is 2.65 bits per heavy atom. The molecule has 3 rings (SSSR count). The van der Waals surface area contributed by atoms with E-state index in [0.29, 0.717) is 12.1 Å². The standard InChI is InChI=1S/C18H25NO/c1-12-8-9-16(10-13(12)2)18(20)19-14(3)11-15-6-4-5-7-17(15)19/h8-10,14-15,17H,4-7,11H2,1-3H3. The van der Waals surface area contributed by atoms with Gasteiger partial charge in [0.2, 0.25) is 0 Å². The van der Waals surface area contributed by atoms with Crippen molar-refractivity contribution in [1.29, 1.82) is 0 Å². The van der Waals surface area contributed by atoms with Crippen LogP contribution in [0.5, 0.6) is 0 Å². The van der Waals surface area contributed by atoms with E-state index >= 15 is 0 Å². The number of amides is 1. The van der Waals surface area contributed by atoms with E-state index in [2.05, 4.69) is 37.8 Å². The second-order valence-corrected chi connectivity index (χ2v) is 6.71. The third-order valence-corrected chi connectivity index (χ3v) is 5.33. The molecule has 1 aromatic carbocycles. The molecule has 1 saturated heterocycles. The van der Waals surface area contributed by atoms with Crippen molar-refractivity contribution in [3.63, 3.8) is 0 Å². The van der Waals surface area contributed by atoms with Crippen LogP contribution < -0.4 is 0 Å². The van der Waals surface area contributed by atoms with Gasteiger partial charge in [-0.05, 0) is 69.2 Å². The second kappa shape index (κ2) is 5.23. The first-order valence-corrected chi connectivity index (χ1v) is 7.98. The number of benzene rings is 1. The molecule has 0 aromatic heterocycles. The zero-order chi connectivity index (χ0) is 14.3. The first-order valence-electron chi connectivity index (χ1n) is 7.98. The zero-order valence-electron chi connectivity index (χ0n) is 12.9. The van der Waals surface area contributed by atoms with Crippen LogP contribution in [0, 0.1) is 19.8 Å². The Labute approximate surface area is 122 Å². The summed E-state index contributed by atoms with van der Waals surface area (Å²) in [5.74, 6) is 0.990. The van der Waals surface area contributed by atoms with Gasteiger partial charge in [-0.25, -0.2) is 0 Å². The number of carbonyl (C=O) groups excluding carboxylic acids is 1. The zero-order valence-corrected chi connectivity index (χ0v) is 12.9. The number of hydrogen-bond donors (Lipinski definition) is 0. The monoisotopic (exact) mass is 271 g/mol. The topological polar surface area (TPSA) is 20.3 Å². The molecule has 0 radical (unpaired) electrons. The summed E-state index contributed by atoms with van der Waals surface area (Å²) in [6.45, 7) is 6.40. The van der Waals surface area contributed by atoms with E-state index in [9.17, 15) is 4.79 Å². The third-order valence-electron chi connectivity index (χ3n) is 5.33. The van der Waals surface area contributed by atoms with E-state index in [1.165, 1.54) is 43.2 Å². The summed E-state index contributed by atoms with van der Waals surface area (Å²) in [7, 11) is 0. The lowest BCUT2D eigenvalue weighted by Crippen LogP contribution is -2.42. The Morgan fingerprint density at radius 1 is 1.15 bits per heavy atom. The highest BCUT2D eigenvalue weighted by Gasteiger charge is 2.42. The molecule has 3 atom stereocenters. The Kier molecular flexibility index (Phi) is 3.57. The minimum absolute atomic E-state index is 0.245. The average Bonchev–Trinajstić information content (AvgIpc) is 2.77. The van der Waals surface area contributed by atoms with Crippen molar-refractivity contribution in [2.45, 2.75) is 65.0 Å². The van der Waals surface area contributed by atoms with Crippen molar-refractivity contribution in [2.75, 3.05) is 0 Å². The van der Waals surface area contributed by atoms with Gasteiger partial charge in [-0.1, -0.05) is 18.9 Å². The van der Waals surface area contributed by atoms with Gasteiger partial charge in [0.1, 0.15) is 0 Å². The van der Waals surface area contributed by atoms with Gasteiger partial charge in [0.05, 0.1) is 0 Å². The fourth-order valence-corrected chi connectivity index (χ4v) is 4.08. The van der Waals surface area contributed by atoms with E-state index in [4.69, 9.17) is 0 Å². The van der Waals surface area contributed by atoms with E-state index < -0.39 is 0 Å². The number of rotatable bonds is 1. The second-order valence-electron chi connectivity index (χ2n) is 6.71. The minimum Gasteiger partial charge on any atom is -0.333 e. The summed E-state index contributed by atoms with van der Waals surface area (Å²) in [6.07, 6.45) is 6.34. The van der Waals surface area contributed by atoms with Gasteiger partial charge in [0.15, 0.2) is 0 Å². The quantitative estimate of drug-likeness (QED) is 0.753. The summed E-state index contributed by atoms with van der Waals surface area (Å²) in [5, 5.41) is 0. The first kappa shape index (κ1) is 13.7. The molecule has 0 N–H and O–H groups in total. The van der Waals surface area contributed by atoms with E-state index in [0.717, 1.165) is 11.5 Å². The fourth-order valence-electron chi connectivity index (χ4n) is 4.08. The van der Waals surface area contributed by atoms with Gasteiger partial charge in [-0.2, -0.15) is 0 Å². The van der Waals surface area contributed by atoms with Crippen LogP contribution in [0.4, 0.5) is 0 Å². The maximum Gasteiger partial charge on any atom is 0.254 e. The molecule has 20 heavy (non-hydrogen) atoms. The van der Waals surface area contributed by atoms with Gasteiger partial charge in [-0.15, -0.1) is 0 Å². The van der Waals surface area contributed by atoms with Gasteiger partial charge in [0.25, 0.3) is 5.91 Å². The SMILES string of the molecule is Cc1ccc(C(=O)N2C(C)CC3CCCCC32)cc1C. The van der Waals surface area contributed by atoms with Crippen LogP contribution in [0.3, 0.4) is 0 Å². The van der Waals surface area contributed by atoms with Crippen LogP contribution in [-0.2, 0) is 0 Å². The molecule has 2 nitrogen and oxygen atoms in total. The maximum atomic E-state index is 12.9. The van der Waals surface area contributed by atoms with Crippen molar-refractivity contribution in [2.24, 2.45) is 5.92 Å². The fraction of sp³-hybridized carbons (Fsp3) is 0.611. The highest BCUT2D eigenvalue weighted by Crippen LogP contribution is 2.40. The lowest BCUT2D eigenvalue weighted by Gasteiger charge is -2.33. The summed E-state index contributed by atoms with van der Waals surface area (Å²) in [5.41, 5.74) is 3.33. The molecule has 0 spiro atoms. The van der Waals surface area contributed by atoms with Crippen LogP contribution in [0.1, 0.15) is 60.5 Å². The molecule has 2 heteroatoms. The molecule has 2 fully saturated rings. The highest BCUT2D eigenvalue weighted by molar-refractivity contribution is 5.95. The summed E-state index contributed by atoms with van der Waals surface area (Å²) in [4.78, 5) is 15.1. The van der Waals surface area contributed by atoms with Gasteiger partial charge >= 0.3 is 0 Å². The normalized spacial score (nSPS) is 29.4. The molecule has 2 aliphatic rings. The highest BCUT2D eigenvalue weighted by atomic mass is 16.2. The number of hydrogen-bond acceptors (Lipinski definition) is 1. The Hall–Kier alpha value is -1.31. The van der Waals surface area contributed by atoms with E-state index in [1.807, 2.05) is 6.07 Å². The maximum absolute atomic E-state index is 12.9. The lowest BCUT2D eigenvalue weighted by molar-refractivity contribution is 0.0633. The average molecular weight is 271 g/mol. The van der Waals surface area contributed by atoms with Crippen LogP contribution in [-0.4, -0.2) is 22.9 Å². The van der Waals surface area contributed by atoms with Crippen molar-refractivity contribution >= 4 is 5.91 Å². The summed E-state index contributed by atoms with van der Waals surface area (Å²) in [6, 6.07) is 7.01. The number of aryl methyl sites for hydroxylation is 2. The smallest absolute Gasteiger partial charge is 0.254 e. The Balaban J connectivity index is 1.87. The predicted molar refractivity (Wildman–Crippen MR) is 81.9 cm³/mol. The van der Waals surface area contributed by atoms with Crippen molar-refractivity contribution < 1.29 is 4.79 Å². The summed E-state index contributed by atoms with van der Waals surface area (Å²) >= 11 is 0. The van der Waals surface area contributed by atoms with Gasteiger partial charge < -0.3 is 4.90 Å². The van der Waals surface area contributed by atoms with Crippen LogP contribution in [0.15, 0.2) is 18.2 Å². The van der Waals surface area contributed by atoms with E-state index in [1.54, 1.807) is 0 Å². The minimum atomic E-state index is 0.245. The van der Waals surface area contributed by atoms with Crippen molar-refractivity contribution in [3.8, 4) is 0 Å². The molecular formula is C18H25NO. The molecule has 3 unspecified atom stereocenters. The number of likely N-dealkylation sites (tertiary alicyclic amines) is 1. The van der Waals surface area contributed by atoms with E-state index in [-0.39, 0.29) is 5.91 Å². The van der Waals surface area contributed by atoms with Crippen LogP contribution >= 0.6 is 0 Å². The number of fused-ring (bicyclic) bond motifs is 1. The molecule has 1 aliphatic carbocycles. The summed E-state index contributed by atoms with van der Waals surface area (Å²) < 4.78 is 0. The van der Waals surface area contributed by atoms with Gasteiger partial charge in [0, 0.05) is 17.6 Å². The molecule has 1 aliphatic heterocycles. The Morgan fingerprint density at radius 2 is 1.90 bits per heavy atom. The number of nitrogens with zero attached hydrogens (tertiary/aromatic N) is 1. The van der Waals surface area contributed by atoms with Gasteiger partial charge in [-0.3, -0.25) is 4.79 Å².